The largest absolute Gasteiger partial charge is 0.314 e. The number of hydrogen-bond acceptors (Lipinski definition) is 1. The molecule has 0 saturated carbocycles. The molecule has 1 aromatic rings. The number of hydrogen-bond donors (Lipinski definition) is 1. The maximum atomic E-state index is 6.06. The third kappa shape index (κ3) is 3.02. The molecule has 13 heavy (non-hydrogen) atoms. The van der Waals surface area contributed by atoms with Crippen LogP contribution < -0.4 is 5.32 Å². The monoisotopic (exact) mass is 197 g/mol. The molecule has 1 nitrogen and oxygen atoms in total. The fourth-order valence-corrected chi connectivity index (χ4v) is 1.41. The van der Waals surface area contributed by atoms with E-state index in [2.05, 4.69) is 25.2 Å². The van der Waals surface area contributed by atoms with Crippen LogP contribution in [0.4, 0.5) is 0 Å². The lowest BCUT2D eigenvalue weighted by Gasteiger charge is -2.24. The van der Waals surface area contributed by atoms with Gasteiger partial charge in [0.15, 0.2) is 0 Å². The van der Waals surface area contributed by atoms with Crippen LogP contribution in [0.15, 0.2) is 24.3 Å². The van der Waals surface area contributed by atoms with Crippen molar-refractivity contribution < 1.29 is 0 Å². The summed E-state index contributed by atoms with van der Waals surface area (Å²) in [5.41, 5.74) is 1.30. The Bertz CT molecular complexity index is 281. The first kappa shape index (κ1) is 10.6. The lowest BCUT2D eigenvalue weighted by Crippen LogP contribution is -2.38. The zero-order valence-electron chi connectivity index (χ0n) is 8.39. The standard InChI is InChI=1S/C11H16ClN/c1-11(2,13-3)8-9-6-4-5-7-10(9)12/h4-7,13H,8H2,1-3H3. The zero-order valence-corrected chi connectivity index (χ0v) is 9.15. The number of benzene rings is 1. The highest BCUT2D eigenvalue weighted by Gasteiger charge is 2.16. The molecule has 0 fully saturated rings. The van der Waals surface area contributed by atoms with Crippen LogP contribution in [0.1, 0.15) is 19.4 Å². The Kier molecular flexibility index (Phi) is 3.34. The number of nitrogens with one attached hydrogen (secondary N) is 1. The van der Waals surface area contributed by atoms with Gasteiger partial charge in [-0.3, -0.25) is 0 Å². The molecule has 0 aliphatic rings. The van der Waals surface area contributed by atoms with Gasteiger partial charge in [-0.25, -0.2) is 0 Å². The summed E-state index contributed by atoms with van der Waals surface area (Å²) >= 11 is 6.06. The van der Waals surface area contributed by atoms with Crippen LogP contribution in [0.25, 0.3) is 0 Å². The topological polar surface area (TPSA) is 12.0 Å². The van der Waals surface area contributed by atoms with Crippen LogP contribution in [0.2, 0.25) is 5.02 Å². The Hall–Kier alpha value is -0.530. The van der Waals surface area contributed by atoms with Crippen LogP contribution in [0.3, 0.4) is 0 Å². The second kappa shape index (κ2) is 4.12. The van der Waals surface area contributed by atoms with E-state index in [9.17, 15) is 0 Å². The second-order valence-electron chi connectivity index (χ2n) is 3.90. The third-order valence-corrected chi connectivity index (χ3v) is 2.64. The summed E-state index contributed by atoms with van der Waals surface area (Å²) in [6, 6.07) is 7.98. The second-order valence-corrected chi connectivity index (χ2v) is 4.31. The minimum atomic E-state index is 0.102. The van der Waals surface area contributed by atoms with Gasteiger partial charge in [-0.2, -0.15) is 0 Å². The Labute approximate surface area is 85.1 Å². The van der Waals surface area contributed by atoms with Crippen molar-refractivity contribution in [2.24, 2.45) is 0 Å². The Morgan fingerprint density at radius 3 is 2.46 bits per heavy atom. The van der Waals surface area contributed by atoms with E-state index in [1.165, 1.54) is 5.56 Å². The highest BCUT2D eigenvalue weighted by Crippen LogP contribution is 2.20. The van der Waals surface area contributed by atoms with Crippen LogP contribution in [0.5, 0.6) is 0 Å². The molecule has 0 amide bonds. The summed E-state index contributed by atoms with van der Waals surface area (Å²) < 4.78 is 0. The average Bonchev–Trinajstić information content (AvgIpc) is 2.09. The smallest absolute Gasteiger partial charge is 0.0438 e. The molecular weight excluding hydrogens is 182 g/mol. The van der Waals surface area contributed by atoms with E-state index in [1.54, 1.807) is 0 Å². The first-order valence-corrected chi connectivity index (χ1v) is 4.85. The van der Waals surface area contributed by atoms with Crippen LogP contribution in [-0.4, -0.2) is 12.6 Å². The highest BCUT2D eigenvalue weighted by atomic mass is 35.5. The SMILES string of the molecule is CNC(C)(C)Cc1ccccc1Cl. The molecule has 0 atom stereocenters. The zero-order chi connectivity index (χ0) is 9.90. The van der Waals surface area contributed by atoms with Crippen molar-refractivity contribution >= 4 is 11.6 Å². The molecular formula is C11H16ClN. The first-order chi connectivity index (χ1) is 6.05. The van der Waals surface area contributed by atoms with Crippen LogP contribution >= 0.6 is 11.6 Å². The Morgan fingerprint density at radius 2 is 1.92 bits per heavy atom. The van der Waals surface area contributed by atoms with Gasteiger partial charge >= 0.3 is 0 Å². The quantitative estimate of drug-likeness (QED) is 0.786. The molecule has 0 aromatic heterocycles. The Morgan fingerprint density at radius 1 is 1.31 bits per heavy atom. The molecule has 72 valence electrons. The third-order valence-electron chi connectivity index (χ3n) is 2.27. The van der Waals surface area contributed by atoms with Gasteiger partial charge in [0.25, 0.3) is 0 Å². The van der Waals surface area contributed by atoms with Crippen LogP contribution in [-0.2, 0) is 6.42 Å². The summed E-state index contributed by atoms with van der Waals surface area (Å²) in [6.45, 7) is 4.33. The van der Waals surface area contributed by atoms with E-state index in [1.807, 2.05) is 25.2 Å². The van der Waals surface area contributed by atoms with Gasteiger partial charge in [0, 0.05) is 10.6 Å². The van der Waals surface area contributed by atoms with E-state index in [0.29, 0.717) is 0 Å². The maximum Gasteiger partial charge on any atom is 0.0438 e. The van der Waals surface area contributed by atoms with Gasteiger partial charge in [0.2, 0.25) is 0 Å². The van der Waals surface area contributed by atoms with Crippen molar-refractivity contribution in [3.63, 3.8) is 0 Å². The van der Waals surface area contributed by atoms with Crippen molar-refractivity contribution in [2.75, 3.05) is 7.05 Å². The maximum absolute atomic E-state index is 6.06. The Balaban J connectivity index is 2.80. The van der Waals surface area contributed by atoms with Gasteiger partial charge in [-0.1, -0.05) is 29.8 Å². The van der Waals surface area contributed by atoms with Crippen molar-refractivity contribution in [1.82, 2.24) is 5.32 Å². The number of rotatable bonds is 3. The normalized spacial score (nSPS) is 11.7. The van der Waals surface area contributed by atoms with E-state index < -0.39 is 0 Å². The molecule has 1 rings (SSSR count). The van der Waals surface area contributed by atoms with Gasteiger partial charge in [0.05, 0.1) is 0 Å². The number of halogens is 1. The lowest BCUT2D eigenvalue weighted by atomic mass is 9.95. The fourth-order valence-electron chi connectivity index (χ4n) is 1.21. The summed E-state index contributed by atoms with van der Waals surface area (Å²) in [5.74, 6) is 0. The molecule has 0 aliphatic heterocycles. The van der Waals surface area contributed by atoms with E-state index in [-0.39, 0.29) is 5.54 Å². The molecule has 0 aliphatic carbocycles. The predicted octanol–water partition coefficient (Wildman–Crippen LogP) is 2.88. The van der Waals surface area contributed by atoms with E-state index in [0.717, 1.165) is 11.4 Å². The highest BCUT2D eigenvalue weighted by molar-refractivity contribution is 6.31. The molecule has 0 bridgehead atoms. The fraction of sp³-hybridized carbons (Fsp3) is 0.455. The van der Waals surface area contributed by atoms with Gasteiger partial charge in [-0.05, 0) is 38.9 Å². The first-order valence-electron chi connectivity index (χ1n) is 4.47. The average molecular weight is 198 g/mol. The van der Waals surface area contributed by atoms with Crippen molar-refractivity contribution in [1.29, 1.82) is 0 Å². The summed E-state index contributed by atoms with van der Waals surface area (Å²) in [5, 5.41) is 4.11. The van der Waals surface area contributed by atoms with Crippen LogP contribution in [0, 0.1) is 0 Å². The molecule has 1 aromatic carbocycles. The van der Waals surface area contributed by atoms with Gasteiger partial charge < -0.3 is 5.32 Å². The van der Waals surface area contributed by atoms with Gasteiger partial charge in [-0.15, -0.1) is 0 Å². The van der Waals surface area contributed by atoms with Crippen molar-refractivity contribution in [3.8, 4) is 0 Å². The molecule has 0 spiro atoms. The minimum absolute atomic E-state index is 0.102. The molecule has 0 heterocycles. The van der Waals surface area contributed by atoms with Crippen molar-refractivity contribution in [3.05, 3.63) is 34.9 Å². The van der Waals surface area contributed by atoms with E-state index in [4.69, 9.17) is 11.6 Å². The molecule has 0 radical (unpaired) electrons. The van der Waals surface area contributed by atoms with Crippen molar-refractivity contribution in [2.45, 2.75) is 25.8 Å². The molecule has 0 saturated heterocycles. The van der Waals surface area contributed by atoms with E-state index >= 15 is 0 Å². The van der Waals surface area contributed by atoms with Gasteiger partial charge in [0.1, 0.15) is 0 Å². The molecule has 2 heteroatoms. The molecule has 0 unspecified atom stereocenters. The number of likely N-dealkylation sites (N-methyl/N-ethyl adjacent to an activating group) is 1. The summed E-state index contributed by atoms with van der Waals surface area (Å²) in [7, 11) is 1.97. The summed E-state index contributed by atoms with van der Waals surface area (Å²) in [6.07, 6.45) is 0.948. The minimum Gasteiger partial charge on any atom is -0.314 e. The molecule has 1 N–H and O–H groups in total. The summed E-state index contributed by atoms with van der Waals surface area (Å²) in [4.78, 5) is 0. The lowest BCUT2D eigenvalue weighted by molar-refractivity contribution is 0.422. The predicted molar refractivity (Wildman–Crippen MR) is 58.3 cm³/mol.